The molecule has 1 amide bonds. The monoisotopic (exact) mass is 155 g/mol. The second-order valence-corrected chi connectivity index (χ2v) is 2.09. The average Bonchev–Trinajstić information content (AvgIpc) is 2.34. The Labute approximate surface area is 64.2 Å². The molecule has 4 heteroatoms. The maximum Gasteiger partial charge on any atom is 0.287 e. The molecule has 0 saturated heterocycles. The van der Waals surface area contributed by atoms with E-state index in [-0.39, 0.29) is 18.2 Å². The minimum Gasteiger partial charge on any atom is -0.488 e. The molecule has 1 aliphatic rings. The maximum atomic E-state index is 10.9. The van der Waals surface area contributed by atoms with Gasteiger partial charge in [0.1, 0.15) is 0 Å². The first kappa shape index (κ1) is 7.78. The number of carbonyl (C=O) groups excluding carboxylic acids is 2. The van der Waals surface area contributed by atoms with E-state index >= 15 is 0 Å². The van der Waals surface area contributed by atoms with Gasteiger partial charge in [-0.05, 0) is 6.92 Å². The van der Waals surface area contributed by atoms with Gasteiger partial charge in [0.2, 0.25) is 0 Å². The zero-order chi connectivity index (χ0) is 8.27. The Balaban J connectivity index is 2.80. The zero-order valence-corrected chi connectivity index (χ0v) is 6.22. The van der Waals surface area contributed by atoms with Crippen LogP contribution < -0.4 is 5.32 Å². The molecule has 0 atom stereocenters. The van der Waals surface area contributed by atoms with Gasteiger partial charge in [-0.2, -0.15) is 0 Å². The lowest BCUT2D eigenvalue weighted by Crippen LogP contribution is -2.18. The van der Waals surface area contributed by atoms with Gasteiger partial charge in [0, 0.05) is 0 Å². The van der Waals surface area contributed by atoms with Crippen molar-refractivity contribution in [2.24, 2.45) is 0 Å². The molecule has 0 aliphatic carbocycles. The first-order valence-electron chi connectivity index (χ1n) is 3.39. The van der Waals surface area contributed by atoms with Crippen molar-refractivity contribution in [3.63, 3.8) is 0 Å². The van der Waals surface area contributed by atoms with Crippen LogP contribution >= 0.6 is 0 Å². The van der Waals surface area contributed by atoms with Crippen LogP contribution in [0.4, 0.5) is 0 Å². The molecule has 0 aromatic heterocycles. The van der Waals surface area contributed by atoms with E-state index in [9.17, 15) is 9.59 Å². The second kappa shape index (κ2) is 3.18. The van der Waals surface area contributed by atoms with E-state index in [1.54, 1.807) is 6.92 Å². The van der Waals surface area contributed by atoms with Crippen LogP contribution in [0.2, 0.25) is 0 Å². The summed E-state index contributed by atoms with van der Waals surface area (Å²) in [6, 6.07) is 0. The van der Waals surface area contributed by atoms with Gasteiger partial charge in [-0.1, -0.05) is 0 Å². The van der Waals surface area contributed by atoms with Crippen LogP contribution in [0.25, 0.3) is 0 Å². The first-order chi connectivity index (χ1) is 5.29. The van der Waals surface area contributed by atoms with Crippen molar-refractivity contribution in [3.05, 3.63) is 11.3 Å². The smallest absolute Gasteiger partial charge is 0.287 e. The number of carbonyl (C=O) groups is 2. The lowest BCUT2D eigenvalue weighted by Gasteiger charge is -2.00. The molecule has 0 radical (unpaired) electrons. The Hall–Kier alpha value is -1.32. The quantitative estimate of drug-likeness (QED) is 0.564. The van der Waals surface area contributed by atoms with Crippen molar-refractivity contribution < 1.29 is 14.3 Å². The molecule has 1 rings (SSSR count). The Morgan fingerprint density at radius 1 is 1.73 bits per heavy atom. The molecular formula is C7H9NO3. The average molecular weight is 155 g/mol. The molecule has 4 nitrogen and oxygen atoms in total. The van der Waals surface area contributed by atoms with Gasteiger partial charge < -0.3 is 10.1 Å². The van der Waals surface area contributed by atoms with Gasteiger partial charge in [0.05, 0.1) is 18.7 Å². The predicted molar refractivity (Wildman–Crippen MR) is 37.7 cm³/mol. The summed E-state index contributed by atoms with van der Waals surface area (Å²) in [5, 5.41) is 2.49. The Morgan fingerprint density at radius 2 is 2.45 bits per heavy atom. The van der Waals surface area contributed by atoms with Crippen LogP contribution in [0.1, 0.15) is 6.92 Å². The maximum absolute atomic E-state index is 10.9. The fourth-order valence-electron chi connectivity index (χ4n) is 0.880. The molecule has 0 unspecified atom stereocenters. The number of amides is 1. The van der Waals surface area contributed by atoms with E-state index in [0.717, 1.165) is 0 Å². The van der Waals surface area contributed by atoms with E-state index in [2.05, 4.69) is 5.32 Å². The summed E-state index contributed by atoms with van der Waals surface area (Å²) in [6.45, 7) is 2.46. The molecule has 0 fully saturated rings. The third-order valence-corrected chi connectivity index (χ3v) is 1.37. The fourth-order valence-corrected chi connectivity index (χ4v) is 0.880. The van der Waals surface area contributed by atoms with Crippen molar-refractivity contribution in [1.82, 2.24) is 5.32 Å². The van der Waals surface area contributed by atoms with Crippen LogP contribution in [0.15, 0.2) is 11.3 Å². The third-order valence-electron chi connectivity index (χ3n) is 1.37. The number of nitrogens with one attached hydrogen (secondary N) is 1. The second-order valence-electron chi connectivity index (χ2n) is 2.09. The SMILES string of the molecule is CCOC1=C(C=O)CNC1=O. The van der Waals surface area contributed by atoms with Crippen LogP contribution in [0.3, 0.4) is 0 Å². The van der Waals surface area contributed by atoms with Crippen molar-refractivity contribution in [2.45, 2.75) is 6.92 Å². The molecule has 0 bridgehead atoms. The first-order valence-corrected chi connectivity index (χ1v) is 3.39. The fraction of sp³-hybridized carbons (Fsp3) is 0.429. The van der Waals surface area contributed by atoms with Gasteiger partial charge in [-0.3, -0.25) is 9.59 Å². The summed E-state index contributed by atoms with van der Waals surface area (Å²) in [5.41, 5.74) is 0.400. The highest BCUT2D eigenvalue weighted by molar-refractivity contribution is 6.01. The highest BCUT2D eigenvalue weighted by Crippen LogP contribution is 2.09. The molecular weight excluding hydrogens is 146 g/mol. The number of rotatable bonds is 3. The topological polar surface area (TPSA) is 55.4 Å². The summed E-state index contributed by atoms with van der Waals surface area (Å²) >= 11 is 0. The third kappa shape index (κ3) is 1.39. The minimum atomic E-state index is -0.297. The molecule has 11 heavy (non-hydrogen) atoms. The van der Waals surface area contributed by atoms with E-state index in [1.807, 2.05) is 0 Å². The van der Waals surface area contributed by atoms with E-state index in [4.69, 9.17) is 4.74 Å². The molecule has 1 N–H and O–H groups in total. The van der Waals surface area contributed by atoms with Crippen LogP contribution in [0, 0.1) is 0 Å². The number of aldehydes is 1. The highest BCUT2D eigenvalue weighted by Gasteiger charge is 2.22. The summed E-state index contributed by atoms with van der Waals surface area (Å²) < 4.78 is 4.95. The van der Waals surface area contributed by atoms with Crippen molar-refractivity contribution in [1.29, 1.82) is 0 Å². The molecule has 0 aromatic carbocycles. The summed E-state index contributed by atoms with van der Waals surface area (Å²) in [4.78, 5) is 21.2. The molecule has 0 aromatic rings. The van der Waals surface area contributed by atoms with Gasteiger partial charge in [-0.25, -0.2) is 0 Å². The zero-order valence-electron chi connectivity index (χ0n) is 6.22. The molecule has 0 spiro atoms. The molecule has 1 heterocycles. The summed E-state index contributed by atoms with van der Waals surface area (Å²) in [6.07, 6.45) is 0.642. The van der Waals surface area contributed by atoms with E-state index in [0.29, 0.717) is 18.5 Å². The molecule has 60 valence electrons. The van der Waals surface area contributed by atoms with Crippen molar-refractivity contribution in [2.75, 3.05) is 13.2 Å². The lowest BCUT2D eigenvalue weighted by molar-refractivity contribution is -0.119. The van der Waals surface area contributed by atoms with Crippen molar-refractivity contribution in [3.8, 4) is 0 Å². The normalized spacial score (nSPS) is 16.6. The van der Waals surface area contributed by atoms with Gasteiger partial charge in [0.15, 0.2) is 12.0 Å². The lowest BCUT2D eigenvalue weighted by atomic mass is 10.3. The van der Waals surface area contributed by atoms with Gasteiger partial charge >= 0.3 is 0 Å². The van der Waals surface area contributed by atoms with Gasteiger partial charge in [0.25, 0.3) is 5.91 Å². The Bertz CT molecular complexity index is 220. The molecule has 0 saturated carbocycles. The molecule has 1 aliphatic heterocycles. The van der Waals surface area contributed by atoms with Crippen LogP contribution in [0.5, 0.6) is 0 Å². The number of hydrogen-bond acceptors (Lipinski definition) is 3. The summed E-state index contributed by atoms with van der Waals surface area (Å²) in [7, 11) is 0. The standard InChI is InChI=1S/C7H9NO3/c1-2-11-6-5(4-9)3-8-7(6)10/h4H,2-3H2,1H3,(H,8,10). The Morgan fingerprint density at radius 3 is 3.00 bits per heavy atom. The number of ether oxygens (including phenoxy) is 1. The van der Waals surface area contributed by atoms with Crippen LogP contribution in [-0.2, 0) is 14.3 Å². The van der Waals surface area contributed by atoms with Crippen LogP contribution in [-0.4, -0.2) is 25.3 Å². The van der Waals surface area contributed by atoms with Gasteiger partial charge in [-0.15, -0.1) is 0 Å². The van der Waals surface area contributed by atoms with E-state index < -0.39 is 0 Å². The highest BCUT2D eigenvalue weighted by atomic mass is 16.5. The number of hydrogen-bond donors (Lipinski definition) is 1. The minimum absolute atomic E-state index is 0.169. The Kier molecular flexibility index (Phi) is 2.25. The summed E-state index contributed by atoms with van der Waals surface area (Å²) in [5.74, 6) is -0.128. The largest absolute Gasteiger partial charge is 0.488 e. The van der Waals surface area contributed by atoms with Crippen molar-refractivity contribution >= 4 is 12.2 Å². The van der Waals surface area contributed by atoms with E-state index in [1.165, 1.54) is 0 Å². The predicted octanol–water partition coefficient (Wildman–Crippen LogP) is -0.394.